The van der Waals surface area contributed by atoms with Crippen LogP contribution in [0.4, 0.5) is 0 Å². The van der Waals surface area contributed by atoms with Gasteiger partial charge in [0.25, 0.3) is 0 Å². The first-order valence-electron chi connectivity index (χ1n) is 5.14. The Morgan fingerprint density at radius 2 is 2.40 bits per heavy atom. The monoisotopic (exact) mass is 229 g/mol. The van der Waals surface area contributed by atoms with E-state index < -0.39 is 5.54 Å². The van der Waals surface area contributed by atoms with E-state index in [2.05, 4.69) is 5.10 Å². The Hall–Kier alpha value is -0.580. The normalized spacial score (nSPS) is 20.3. The van der Waals surface area contributed by atoms with Crippen molar-refractivity contribution in [1.82, 2.24) is 9.78 Å². The van der Waals surface area contributed by atoms with Crippen molar-refractivity contribution >= 4 is 11.6 Å². The van der Waals surface area contributed by atoms with Crippen LogP contribution in [0.3, 0.4) is 0 Å². The van der Waals surface area contributed by atoms with E-state index in [0.29, 0.717) is 17.5 Å². The molecular weight excluding hydrogens is 214 g/mol. The molecule has 3 N–H and O–H groups in total. The van der Waals surface area contributed by atoms with Crippen molar-refractivity contribution in [1.29, 1.82) is 0 Å². The van der Waals surface area contributed by atoms with Gasteiger partial charge in [-0.2, -0.15) is 5.10 Å². The lowest BCUT2D eigenvalue weighted by atomic mass is 9.96. The minimum atomic E-state index is -0.542. The molecule has 1 aromatic rings. The van der Waals surface area contributed by atoms with Crippen LogP contribution in [-0.4, -0.2) is 27.0 Å². The second kappa shape index (κ2) is 3.77. The summed E-state index contributed by atoms with van der Waals surface area (Å²) in [6.45, 7) is 2.43. The lowest BCUT2D eigenvalue weighted by molar-refractivity contribution is 0.154. The topological polar surface area (TPSA) is 64.1 Å². The zero-order chi connectivity index (χ0) is 11.1. The number of hydrogen-bond acceptors (Lipinski definition) is 3. The molecule has 0 radical (unpaired) electrons. The molecule has 1 aliphatic carbocycles. The van der Waals surface area contributed by atoms with Crippen LogP contribution in [0.1, 0.15) is 18.5 Å². The molecule has 4 nitrogen and oxygen atoms in total. The third-order valence-corrected chi connectivity index (χ3v) is 3.54. The van der Waals surface area contributed by atoms with Gasteiger partial charge < -0.3 is 10.8 Å². The number of halogens is 1. The van der Waals surface area contributed by atoms with Crippen LogP contribution in [0.15, 0.2) is 6.20 Å². The van der Waals surface area contributed by atoms with Crippen LogP contribution in [0.25, 0.3) is 0 Å². The van der Waals surface area contributed by atoms with Gasteiger partial charge in [0.1, 0.15) is 0 Å². The van der Waals surface area contributed by atoms with Crippen molar-refractivity contribution in [2.75, 3.05) is 6.61 Å². The second-order valence-corrected chi connectivity index (χ2v) is 4.81. The summed E-state index contributed by atoms with van der Waals surface area (Å²) in [4.78, 5) is 0. The Bertz CT molecular complexity index is 362. The van der Waals surface area contributed by atoms with Gasteiger partial charge in [0.05, 0.1) is 35.6 Å². The largest absolute Gasteiger partial charge is 0.394 e. The summed E-state index contributed by atoms with van der Waals surface area (Å²) in [5, 5.41) is 14.2. The Morgan fingerprint density at radius 1 is 1.73 bits per heavy atom. The van der Waals surface area contributed by atoms with E-state index in [4.69, 9.17) is 17.3 Å². The highest BCUT2D eigenvalue weighted by molar-refractivity contribution is 6.31. The fourth-order valence-corrected chi connectivity index (χ4v) is 1.97. The number of aliphatic hydroxyl groups excluding tert-OH is 1. The molecule has 0 spiro atoms. The van der Waals surface area contributed by atoms with Crippen LogP contribution in [0.5, 0.6) is 0 Å². The molecule has 0 amide bonds. The van der Waals surface area contributed by atoms with Gasteiger partial charge in [-0.1, -0.05) is 11.6 Å². The zero-order valence-corrected chi connectivity index (χ0v) is 9.54. The zero-order valence-electron chi connectivity index (χ0n) is 8.78. The summed E-state index contributed by atoms with van der Waals surface area (Å²) in [5.41, 5.74) is 6.52. The van der Waals surface area contributed by atoms with E-state index in [1.807, 2.05) is 6.92 Å². The molecule has 1 unspecified atom stereocenters. The van der Waals surface area contributed by atoms with Crippen molar-refractivity contribution in [2.24, 2.45) is 11.7 Å². The third-order valence-electron chi connectivity index (χ3n) is 3.17. The van der Waals surface area contributed by atoms with Gasteiger partial charge in [-0.15, -0.1) is 0 Å². The second-order valence-electron chi connectivity index (χ2n) is 4.40. The molecule has 1 fully saturated rings. The Kier molecular flexibility index (Phi) is 2.75. The van der Waals surface area contributed by atoms with Gasteiger partial charge in [0.15, 0.2) is 0 Å². The van der Waals surface area contributed by atoms with Crippen molar-refractivity contribution in [3.63, 3.8) is 0 Å². The molecule has 1 heterocycles. The van der Waals surface area contributed by atoms with E-state index in [1.165, 1.54) is 0 Å². The van der Waals surface area contributed by atoms with Crippen LogP contribution in [-0.2, 0) is 6.54 Å². The minimum Gasteiger partial charge on any atom is -0.394 e. The molecule has 1 aliphatic rings. The first-order valence-corrected chi connectivity index (χ1v) is 5.52. The molecule has 1 atom stereocenters. The maximum Gasteiger partial charge on any atom is 0.0814 e. The first-order chi connectivity index (χ1) is 7.07. The highest BCUT2D eigenvalue weighted by atomic mass is 35.5. The quantitative estimate of drug-likeness (QED) is 0.808. The highest BCUT2D eigenvalue weighted by Gasteiger charge is 2.42. The Labute approximate surface area is 94.0 Å². The number of nitrogens with two attached hydrogens (primary N) is 1. The van der Waals surface area contributed by atoms with Crippen LogP contribution in [0.2, 0.25) is 5.02 Å². The van der Waals surface area contributed by atoms with E-state index in [9.17, 15) is 5.11 Å². The predicted octanol–water partition coefficient (Wildman–Crippen LogP) is 0.945. The fraction of sp³-hybridized carbons (Fsp3) is 0.700. The SMILES string of the molecule is Cc1c(Cl)cnn1CC(N)(CO)C1CC1. The average molecular weight is 230 g/mol. The summed E-state index contributed by atoms with van der Waals surface area (Å²) in [7, 11) is 0. The lowest BCUT2D eigenvalue weighted by Gasteiger charge is -2.27. The van der Waals surface area contributed by atoms with Crippen LogP contribution in [0, 0.1) is 12.8 Å². The van der Waals surface area contributed by atoms with E-state index >= 15 is 0 Å². The standard InChI is InChI=1S/C10H16ClN3O/c1-7-9(11)4-13-14(7)5-10(12,6-15)8-2-3-8/h4,8,15H,2-3,5-6,12H2,1H3. The fourth-order valence-electron chi connectivity index (χ4n) is 1.83. The first kappa shape index (κ1) is 10.9. The summed E-state index contributed by atoms with van der Waals surface area (Å²) in [6, 6.07) is 0. The van der Waals surface area contributed by atoms with Gasteiger partial charge in [-0.25, -0.2) is 0 Å². The van der Waals surface area contributed by atoms with E-state index in [-0.39, 0.29) is 6.61 Å². The molecule has 1 saturated carbocycles. The number of rotatable bonds is 4. The molecular formula is C10H16ClN3O. The number of hydrogen-bond donors (Lipinski definition) is 2. The van der Waals surface area contributed by atoms with Gasteiger partial charge in [0.2, 0.25) is 0 Å². The summed E-state index contributed by atoms with van der Waals surface area (Å²) in [6.07, 6.45) is 3.82. The maximum atomic E-state index is 9.36. The lowest BCUT2D eigenvalue weighted by Crippen LogP contribution is -2.50. The van der Waals surface area contributed by atoms with Gasteiger partial charge in [0, 0.05) is 0 Å². The highest BCUT2D eigenvalue weighted by Crippen LogP contribution is 2.39. The smallest absolute Gasteiger partial charge is 0.0814 e. The summed E-state index contributed by atoms with van der Waals surface area (Å²) >= 11 is 5.91. The molecule has 1 aromatic heterocycles. The van der Waals surface area contributed by atoms with E-state index in [0.717, 1.165) is 18.5 Å². The van der Waals surface area contributed by atoms with Crippen LogP contribution < -0.4 is 5.73 Å². The summed E-state index contributed by atoms with van der Waals surface area (Å²) in [5.74, 6) is 0.421. The molecule has 15 heavy (non-hydrogen) atoms. The maximum absolute atomic E-state index is 9.36. The summed E-state index contributed by atoms with van der Waals surface area (Å²) < 4.78 is 1.77. The van der Waals surface area contributed by atoms with Crippen LogP contribution >= 0.6 is 11.6 Å². The van der Waals surface area contributed by atoms with Crippen molar-refractivity contribution in [2.45, 2.75) is 31.8 Å². The third kappa shape index (κ3) is 2.02. The molecule has 0 aromatic carbocycles. The Morgan fingerprint density at radius 3 is 2.80 bits per heavy atom. The molecule has 2 rings (SSSR count). The molecule has 0 bridgehead atoms. The van der Waals surface area contributed by atoms with E-state index in [1.54, 1.807) is 10.9 Å². The molecule has 5 heteroatoms. The van der Waals surface area contributed by atoms with Gasteiger partial charge in [-0.05, 0) is 25.7 Å². The predicted molar refractivity (Wildman–Crippen MR) is 58.7 cm³/mol. The number of aliphatic hydroxyl groups is 1. The van der Waals surface area contributed by atoms with Crippen molar-refractivity contribution in [3.8, 4) is 0 Å². The Balaban J connectivity index is 2.16. The molecule has 84 valence electrons. The van der Waals surface area contributed by atoms with Crippen molar-refractivity contribution < 1.29 is 5.11 Å². The minimum absolute atomic E-state index is 0.00537. The number of nitrogens with zero attached hydrogens (tertiary/aromatic N) is 2. The molecule has 0 aliphatic heterocycles. The van der Waals surface area contributed by atoms with Gasteiger partial charge in [-0.3, -0.25) is 4.68 Å². The van der Waals surface area contributed by atoms with Crippen molar-refractivity contribution in [3.05, 3.63) is 16.9 Å². The molecule has 0 saturated heterocycles. The average Bonchev–Trinajstić information content (AvgIpc) is 3.02. The van der Waals surface area contributed by atoms with Gasteiger partial charge >= 0.3 is 0 Å². The number of aromatic nitrogens is 2.